The maximum absolute atomic E-state index is 11.5. The lowest BCUT2D eigenvalue weighted by Crippen LogP contribution is -2.12. The van der Waals surface area contributed by atoms with Gasteiger partial charge in [0.25, 0.3) is 5.91 Å². The van der Waals surface area contributed by atoms with E-state index in [0.717, 1.165) is 0 Å². The molecule has 0 unspecified atom stereocenters. The van der Waals surface area contributed by atoms with E-state index in [0.29, 0.717) is 5.69 Å². The van der Waals surface area contributed by atoms with Gasteiger partial charge in [-0.25, -0.2) is 0 Å². The SMILES string of the molecule is O=C(Nc1cccc(O)c1)c1cn[nH]n1. The lowest BCUT2D eigenvalue weighted by molar-refractivity contribution is 0.102. The highest BCUT2D eigenvalue weighted by Crippen LogP contribution is 2.15. The van der Waals surface area contributed by atoms with Gasteiger partial charge in [-0.3, -0.25) is 4.79 Å². The fraction of sp³-hybridized carbons (Fsp3) is 0. The molecule has 1 amide bonds. The summed E-state index contributed by atoms with van der Waals surface area (Å²) < 4.78 is 0. The van der Waals surface area contributed by atoms with Gasteiger partial charge in [-0.05, 0) is 12.1 Å². The maximum Gasteiger partial charge on any atom is 0.277 e. The second-order valence-corrected chi connectivity index (χ2v) is 2.86. The normalized spacial score (nSPS) is 9.87. The van der Waals surface area contributed by atoms with Gasteiger partial charge >= 0.3 is 0 Å². The summed E-state index contributed by atoms with van der Waals surface area (Å²) >= 11 is 0. The summed E-state index contributed by atoms with van der Waals surface area (Å²) in [5.74, 6) is -0.290. The number of H-pyrrole nitrogens is 1. The van der Waals surface area contributed by atoms with E-state index in [9.17, 15) is 9.90 Å². The van der Waals surface area contributed by atoms with Crippen molar-refractivity contribution in [2.45, 2.75) is 0 Å². The number of nitrogens with one attached hydrogen (secondary N) is 2. The van der Waals surface area contributed by atoms with Gasteiger partial charge in [-0.15, -0.1) is 0 Å². The van der Waals surface area contributed by atoms with Crippen molar-refractivity contribution in [3.63, 3.8) is 0 Å². The Balaban J connectivity index is 2.13. The molecule has 0 bridgehead atoms. The molecule has 2 aromatic rings. The van der Waals surface area contributed by atoms with Crippen LogP contribution in [0.2, 0.25) is 0 Å². The summed E-state index contributed by atoms with van der Waals surface area (Å²) in [6.45, 7) is 0. The number of aromatic hydroxyl groups is 1. The Morgan fingerprint density at radius 3 is 3.00 bits per heavy atom. The number of amides is 1. The Morgan fingerprint density at radius 2 is 2.33 bits per heavy atom. The van der Waals surface area contributed by atoms with Crippen LogP contribution in [0.5, 0.6) is 5.75 Å². The molecule has 1 heterocycles. The summed E-state index contributed by atoms with van der Waals surface area (Å²) in [4.78, 5) is 11.5. The third-order valence-electron chi connectivity index (χ3n) is 1.75. The lowest BCUT2D eigenvalue weighted by atomic mass is 10.3. The minimum Gasteiger partial charge on any atom is -0.508 e. The van der Waals surface area contributed by atoms with Gasteiger partial charge < -0.3 is 10.4 Å². The highest BCUT2D eigenvalue weighted by Gasteiger charge is 2.08. The van der Waals surface area contributed by atoms with E-state index >= 15 is 0 Å². The molecule has 0 fully saturated rings. The summed E-state index contributed by atoms with van der Waals surface area (Å²) in [6.07, 6.45) is 1.32. The maximum atomic E-state index is 11.5. The minimum absolute atomic E-state index is 0.0907. The second kappa shape index (κ2) is 3.79. The van der Waals surface area contributed by atoms with Crippen LogP contribution in [0.1, 0.15) is 10.5 Å². The molecule has 0 aliphatic carbocycles. The molecule has 76 valence electrons. The van der Waals surface area contributed by atoms with Crippen molar-refractivity contribution in [1.82, 2.24) is 15.4 Å². The van der Waals surface area contributed by atoms with E-state index in [1.54, 1.807) is 12.1 Å². The number of carbonyl (C=O) groups is 1. The van der Waals surface area contributed by atoms with Crippen molar-refractivity contribution in [2.24, 2.45) is 0 Å². The molecule has 1 aromatic heterocycles. The van der Waals surface area contributed by atoms with Crippen LogP contribution in [0.4, 0.5) is 5.69 Å². The topological polar surface area (TPSA) is 90.9 Å². The number of hydrogen-bond donors (Lipinski definition) is 3. The number of nitrogens with zero attached hydrogens (tertiary/aromatic N) is 2. The van der Waals surface area contributed by atoms with Crippen molar-refractivity contribution in [3.05, 3.63) is 36.2 Å². The van der Waals surface area contributed by atoms with E-state index in [-0.39, 0.29) is 17.4 Å². The summed E-state index contributed by atoms with van der Waals surface area (Å²) in [7, 11) is 0. The first kappa shape index (κ1) is 9.20. The zero-order chi connectivity index (χ0) is 10.7. The van der Waals surface area contributed by atoms with Crippen LogP contribution in [0, 0.1) is 0 Å². The number of aromatic nitrogens is 3. The Bertz CT molecular complexity index is 467. The molecule has 3 N–H and O–H groups in total. The monoisotopic (exact) mass is 204 g/mol. The molecular weight excluding hydrogens is 196 g/mol. The number of anilines is 1. The second-order valence-electron chi connectivity index (χ2n) is 2.86. The van der Waals surface area contributed by atoms with Crippen LogP contribution in [0.25, 0.3) is 0 Å². The van der Waals surface area contributed by atoms with Gasteiger partial charge in [0.15, 0.2) is 5.69 Å². The van der Waals surface area contributed by atoms with Gasteiger partial charge in [0.05, 0.1) is 6.20 Å². The van der Waals surface area contributed by atoms with Gasteiger partial charge in [-0.1, -0.05) is 6.07 Å². The van der Waals surface area contributed by atoms with Crippen LogP contribution in [-0.2, 0) is 0 Å². The average molecular weight is 204 g/mol. The number of hydrogen-bond acceptors (Lipinski definition) is 4. The summed E-state index contributed by atoms with van der Waals surface area (Å²) in [6, 6.07) is 6.26. The van der Waals surface area contributed by atoms with Gasteiger partial charge in [0.1, 0.15) is 5.75 Å². The van der Waals surface area contributed by atoms with Gasteiger partial charge in [0.2, 0.25) is 0 Å². The largest absolute Gasteiger partial charge is 0.508 e. The van der Waals surface area contributed by atoms with E-state index < -0.39 is 0 Å². The van der Waals surface area contributed by atoms with Crippen LogP contribution in [0.3, 0.4) is 0 Å². The van der Waals surface area contributed by atoms with Crippen molar-refractivity contribution < 1.29 is 9.90 Å². The number of phenolic OH excluding ortho intramolecular Hbond substituents is 1. The fourth-order valence-corrected chi connectivity index (χ4v) is 1.09. The molecule has 0 saturated carbocycles. The third-order valence-corrected chi connectivity index (χ3v) is 1.75. The number of aromatic amines is 1. The third kappa shape index (κ3) is 2.11. The fourth-order valence-electron chi connectivity index (χ4n) is 1.09. The number of benzene rings is 1. The highest BCUT2D eigenvalue weighted by atomic mass is 16.3. The Labute approximate surface area is 84.9 Å². The van der Waals surface area contributed by atoms with E-state index in [4.69, 9.17) is 0 Å². The zero-order valence-corrected chi connectivity index (χ0v) is 7.64. The van der Waals surface area contributed by atoms with Crippen molar-refractivity contribution in [3.8, 4) is 5.75 Å². The molecule has 0 atom stereocenters. The van der Waals surface area contributed by atoms with Crippen LogP contribution < -0.4 is 5.32 Å². The lowest BCUT2D eigenvalue weighted by Gasteiger charge is -2.02. The van der Waals surface area contributed by atoms with Crippen molar-refractivity contribution in [1.29, 1.82) is 0 Å². The zero-order valence-electron chi connectivity index (χ0n) is 7.64. The smallest absolute Gasteiger partial charge is 0.277 e. The molecule has 0 aliphatic heterocycles. The highest BCUT2D eigenvalue weighted by molar-refractivity contribution is 6.02. The first-order chi connectivity index (χ1) is 7.25. The van der Waals surface area contributed by atoms with Crippen LogP contribution >= 0.6 is 0 Å². The minimum atomic E-state index is -0.380. The van der Waals surface area contributed by atoms with E-state index in [2.05, 4.69) is 20.7 Å². The summed E-state index contributed by atoms with van der Waals surface area (Å²) in [5.41, 5.74) is 0.696. The number of phenols is 1. The molecule has 0 saturated heterocycles. The first-order valence-corrected chi connectivity index (χ1v) is 4.22. The standard InChI is InChI=1S/C9H8N4O2/c14-7-3-1-2-6(4-7)11-9(15)8-5-10-13-12-8/h1-5,14H,(H,11,15)(H,10,12,13). The van der Waals surface area contributed by atoms with E-state index in [1.165, 1.54) is 18.3 Å². The molecule has 6 heteroatoms. The summed E-state index contributed by atoms with van der Waals surface area (Å²) in [5, 5.41) is 21.2. The predicted molar refractivity (Wildman–Crippen MR) is 52.4 cm³/mol. The Morgan fingerprint density at radius 1 is 1.47 bits per heavy atom. The van der Waals surface area contributed by atoms with Gasteiger partial charge in [-0.2, -0.15) is 15.4 Å². The van der Waals surface area contributed by atoms with Crippen molar-refractivity contribution >= 4 is 11.6 Å². The average Bonchev–Trinajstić information content (AvgIpc) is 2.70. The Hall–Kier alpha value is -2.37. The molecule has 0 spiro atoms. The predicted octanol–water partition coefficient (Wildman–Crippen LogP) is 0.763. The number of carbonyl (C=O) groups excluding carboxylic acids is 1. The van der Waals surface area contributed by atoms with Crippen LogP contribution in [-0.4, -0.2) is 26.4 Å². The first-order valence-electron chi connectivity index (χ1n) is 4.22. The van der Waals surface area contributed by atoms with Crippen molar-refractivity contribution in [2.75, 3.05) is 5.32 Å². The molecule has 15 heavy (non-hydrogen) atoms. The molecule has 1 aromatic carbocycles. The number of rotatable bonds is 2. The Kier molecular flexibility index (Phi) is 2.32. The molecular formula is C9H8N4O2. The molecule has 0 radical (unpaired) electrons. The molecule has 2 rings (SSSR count). The molecule has 0 aliphatic rings. The van der Waals surface area contributed by atoms with Crippen LogP contribution in [0.15, 0.2) is 30.5 Å². The quantitative estimate of drug-likeness (QED) is 0.673. The molecule has 6 nitrogen and oxygen atoms in total. The van der Waals surface area contributed by atoms with Gasteiger partial charge in [0, 0.05) is 11.8 Å². The van der Waals surface area contributed by atoms with E-state index in [1.807, 2.05) is 0 Å².